The number of nitrogens with two attached hydrogens (primary N) is 1. The van der Waals surface area contributed by atoms with Crippen molar-refractivity contribution < 1.29 is 9.53 Å². The fourth-order valence-corrected chi connectivity index (χ4v) is 6.12. The Kier molecular flexibility index (Phi) is 6.34. The molecule has 2 heterocycles. The molecule has 1 atom stereocenters. The number of nitrogens with zero attached hydrogens (tertiary/aromatic N) is 1. The van der Waals surface area contributed by atoms with Gasteiger partial charge in [0.2, 0.25) is 0 Å². The Balaban J connectivity index is 1.76. The number of esters is 1. The van der Waals surface area contributed by atoms with E-state index < -0.39 is 5.97 Å². The van der Waals surface area contributed by atoms with Gasteiger partial charge in [0.15, 0.2) is 0 Å². The van der Waals surface area contributed by atoms with Crippen LogP contribution in [0.3, 0.4) is 0 Å². The maximum absolute atomic E-state index is 13.3. The molecule has 0 saturated carbocycles. The zero-order chi connectivity index (χ0) is 23.8. The van der Waals surface area contributed by atoms with Crippen molar-refractivity contribution in [3.05, 3.63) is 116 Å². The van der Waals surface area contributed by atoms with Crippen LogP contribution >= 0.6 is 35.0 Å². The molecule has 4 nitrogen and oxygen atoms in total. The molecule has 0 radical (unpaired) electrons. The molecule has 2 aliphatic heterocycles. The van der Waals surface area contributed by atoms with Crippen LogP contribution in [0.15, 0.2) is 99.7 Å². The fraction of sp³-hybridized carbons (Fsp3) is 0.148. The third-order valence-electron chi connectivity index (χ3n) is 5.96. The number of thioether (sulfide) groups is 1. The Labute approximate surface area is 213 Å². The molecule has 3 aromatic rings. The van der Waals surface area contributed by atoms with Crippen molar-refractivity contribution in [3.8, 4) is 0 Å². The number of benzene rings is 3. The molecule has 1 unspecified atom stereocenters. The number of carbonyl (C=O) groups excluding carboxylic acids is 1. The van der Waals surface area contributed by atoms with Crippen LogP contribution in [0.5, 0.6) is 0 Å². The van der Waals surface area contributed by atoms with E-state index in [-0.39, 0.29) is 12.5 Å². The van der Waals surface area contributed by atoms with E-state index in [1.54, 1.807) is 18.7 Å². The first-order chi connectivity index (χ1) is 16.5. The number of fused-ring (bicyclic) bond motifs is 1. The van der Waals surface area contributed by atoms with Gasteiger partial charge in [-0.2, -0.15) is 0 Å². The average Bonchev–Trinajstić information content (AvgIpc) is 2.83. The third-order valence-corrected chi connectivity index (χ3v) is 7.69. The second-order valence-electron chi connectivity index (χ2n) is 8.04. The summed E-state index contributed by atoms with van der Waals surface area (Å²) < 4.78 is 5.50. The van der Waals surface area contributed by atoms with Gasteiger partial charge in [-0.3, -0.25) is 4.90 Å². The van der Waals surface area contributed by atoms with Crippen LogP contribution in [0.2, 0.25) is 10.0 Å². The summed E-state index contributed by atoms with van der Waals surface area (Å²) >= 11 is 14.1. The van der Waals surface area contributed by atoms with Gasteiger partial charge in [-0.25, -0.2) is 4.79 Å². The van der Waals surface area contributed by atoms with E-state index >= 15 is 0 Å². The SMILES string of the molecule is CCOC(=O)C1=C(N)N(c2ccccc2)C2=C(Cc3ccc(Cl)cc3S2)C1c1ccc(Cl)cc1. The van der Waals surface area contributed by atoms with E-state index in [1.807, 2.05) is 77.7 Å². The summed E-state index contributed by atoms with van der Waals surface area (Å²) in [5, 5.41) is 2.29. The second-order valence-corrected chi connectivity index (χ2v) is 9.94. The molecule has 3 aromatic carbocycles. The average molecular weight is 509 g/mol. The predicted octanol–water partition coefficient (Wildman–Crippen LogP) is 6.89. The van der Waals surface area contributed by atoms with Crippen molar-refractivity contribution >= 4 is 46.6 Å². The number of halogens is 2. The highest BCUT2D eigenvalue weighted by Gasteiger charge is 2.41. The van der Waals surface area contributed by atoms with E-state index in [4.69, 9.17) is 33.7 Å². The molecule has 34 heavy (non-hydrogen) atoms. The molecule has 0 amide bonds. The summed E-state index contributed by atoms with van der Waals surface area (Å²) in [6, 6.07) is 23.3. The van der Waals surface area contributed by atoms with Crippen molar-refractivity contribution in [1.29, 1.82) is 0 Å². The first-order valence-corrected chi connectivity index (χ1v) is 12.5. The standard InChI is InChI=1S/C27H22Cl2N2O2S/c1-2-33-27(32)24-23(16-8-11-18(28)12-9-16)21-14-17-10-13-19(29)15-22(17)34-26(21)31(25(24)30)20-6-4-3-5-7-20/h3-13,15,23H,2,14,30H2,1H3. The molecule has 172 valence electrons. The number of allylic oxidation sites excluding steroid dienone is 1. The number of hydrogen-bond donors (Lipinski definition) is 1. The van der Waals surface area contributed by atoms with Crippen molar-refractivity contribution in [2.45, 2.75) is 24.2 Å². The maximum Gasteiger partial charge on any atom is 0.338 e. The Morgan fingerprint density at radius 2 is 1.76 bits per heavy atom. The fourth-order valence-electron chi connectivity index (χ4n) is 4.47. The molecule has 0 aromatic heterocycles. The van der Waals surface area contributed by atoms with Crippen LogP contribution in [0.25, 0.3) is 0 Å². The van der Waals surface area contributed by atoms with Crippen LogP contribution in [0, 0.1) is 0 Å². The van der Waals surface area contributed by atoms with Crippen molar-refractivity contribution in [2.24, 2.45) is 5.73 Å². The molecular formula is C27H22Cl2N2O2S. The molecule has 0 aliphatic carbocycles. The molecule has 2 aliphatic rings. The summed E-state index contributed by atoms with van der Waals surface area (Å²) in [5.74, 6) is -0.414. The van der Waals surface area contributed by atoms with Crippen LogP contribution < -0.4 is 10.6 Å². The van der Waals surface area contributed by atoms with Crippen LogP contribution in [0.1, 0.15) is 24.0 Å². The maximum atomic E-state index is 13.3. The van der Waals surface area contributed by atoms with Crippen molar-refractivity contribution in [3.63, 3.8) is 0 Å². The third kappa shape index (κ3) is 4.09. The molecule has 0 bridgehead atoms. The topological polar surface area (TPSA) is 55.6 Å². The van der Waals surface area contributed by atoms with E-state index in [2.05, 4.69) is 0 Å². The molecule has 0 spiro atoms. The zero-order valence-corrected chi connectivity index (χ0v) is 20.8. The summed E-state index contributed by atoms with van der Waals surface area (Å²) in [6.07, 6.45) is 0.654. The quantitative estimate of drug-likeness (QED) is 0.388. The molecular weight excluding hydrogens is 487 g/mol. The minimum absolute atomic E-state index is 0.260. The van der Waals surface area contributed by atoms with Crippen LogP contribution in [-0.2, 0) is 16.0 Å². The monoisotopic (exact) mass is 508 g/mol. The summed E-state index contributed by atoms with van der Waals surface area (Å²) in [5.41, 5.74) is 11.3. The summed E-state index contributed by atoms with van der Waals surface area (Å²) in [4.78, 5) is 16.4. The first-order valence-electron chi connectivity index (χ1n) is 10.9. The van der Waals surface area contributed by atoms with E-state index in [0.717, 1.165) is 32.3 Å². The minimum atomic E-state index is -0.417. The minimum Gasteiger partial charge on any atom is -0.463 e. The zero-order valence-electron chi connectivity index (χ0n) is 18.4. The van der Waals surface area contributed by atoms with Gasteiger partial charge >= 0.3 is 5.97 Å². The molecule has 2 N–H and O–H groups in total. The van der Waals surface area contributed by atoms with Gasteiger partial charge in [-0.15, -0.1) is 0 Å². The Hall–Kier alpha value is -2.86. The van der Waals surface area contributed by atoms with Gasteiger partial charge in [-0.1, -0.05) is 71.4 Å². The van der Waals surface area contributed by atoms with Crippen LogP contribution in [-0.4, -0.2) is 12.6 Å². The molecule has 0 saturated heterocycles. The second kappa shape index (κ2) is 9.41. The van der Waals surface area contributed by atoms with Crippen molar-refractivity contribution in [2.75, 3.05) is 11.5 Å². The molecule has 0 fully saturated rings. The lowest BCUT2D eigenvalue weighted by molar-refractivity contribution is -0.138. The Bertz CT molecular complexity index is 1320. The number of anilines is 1. The number of ether oxygens (including phenoxy) is 1. The van der Waals surface area contributed by atoms with E-state index in [1.165, 1.54) is 0 Å². The number of hydrogen-bond acceptors (Lipinski definition) is 5. The van der Waals surface area contributed by atoms with Gasteiger partial charge in [0.05, 0.1) is 17.2 Å². The van der Waals surface area contributed by atoms with Crippen LogP contribution in [0.4, 0.5) is 5.69 Å². The smallest absolute Gasteiger partial charge is 0.338 e. The number of rotatable bonds is 4. The Morgan fingerprint density at radius 1 is 1.06 bits per heavy atom. The lowest BCUT2D eigenvalue weighted by Gasteiger charge is -2.41. The lowest BCUT2D eigenvalue weighted by Crippen LogP contribution is -2.38. The van der Waals surface area contributed by atoms with Crippen molar-refractivity contribution in [1.82, 2.24) is 0 Å². The summed E-state index contributed by atoms with van der Waals surface area (Å²) in [6.45, 7) is 2.06. The van der Waals surface area contributed by atoms with Gasteiger partial charge < -0.3 is 10.5 Å². The van der Waals surface area contributed by atoms with Gasteiger partial charge in [0.1, 0.15) is 5.82 Å². The van der Waals surface area contributed by atoms with Gasteiger partial charge in [0, 0.05) is 26.5 Å². The van der Waals surface area contributed by atoms with Gasteiger partial charge in [0.25, 0.3) is 0 Å². The Morgan fingerprint density at radius 3 is 2.47 bits per heavy atom. The van der Waals surface area contributed by atoms with E-state index in [0.29, 0.717) is 27.9 Å². The highest BCUT2D eigenvalue weighted by molar-refractivity contribution is 8.03. The molecule has 5 rings (SSSR count). The van der Waals surface area contributed by atoms with E-state index in [9.17, 15) is 4.79 Å². The molecule has 7 heteroatoms. The number of para-hydroxylation sites is 1. The summed E-state index contributed by atoms with van der Waals surface area (Å²) in [7, 11) is 0. The lowest BCUT2D eigenvalue weighted by atomic mass is 9.79. The normalized spacial score (nSPS) is 17.4. The number of carbonyl (C=O) groups is 1. The van der Waals surface area contributed by atoms with Gasteiger partial charge in [-0.05, 0) is 66.4 Å². The first kappa shape index (κ1) is 22.9. The highest BCUT2D eigenvalue weighted by atomic mass is 35.5. The highest BCUT2D eigenvalue weighted by Crippen LogP contribution is 2.52. The predicted molar refractivity (Wildman–Crippen MR) is 139 cm³/mol. The largest absolute Gasteiger partial charge is 0.463 e.